The van der Waals surface area contributed by atoms with Crippen LogP contribution in [-0.4, -0.2) is 27.6 Å². The summed E-state index contributed by atoms with van der Waals surface area (Å²) in [5.41, 5.74) is 1.89. The Bertz CT molecular complexity index is 686. The fourth-order valence-corrected chi connectivity index (χ4v) is 2.86. The zero-order chi connectivity index (χ0) is 14.2. The number of pyridine rings is 1. The van der Waals surface area contributed by atoms with Crippen LogP contribution in [0.2, 0.25) is 0 Å². The summed E-state index contributed by atoms with van der Waals surface area (Å²) in [6.45, 7) is 0.717. The number of aromatic nitrogens is 1. The summed E-state index contributed by atoms with van der Waals surface area (Å²) in [5, 5.41) is 3.71. The normalized spacial score (nSPS) is 21.1. The number of para-hydroxylation sites is 1. The molecule has 2 aromatic rings. The van der Waals surface area contributed by atoms with Crippen molar-refractivity contribution in [1.29, 1.82) is 0 Å². The molecule has 0 radical (unpaired) electrons. The van der Waals surface area contributed by atoms with Gasteiger partial charge in [0.15, 0.2) is 0 Å². The molecule has 3 heterocycles. The molecule has 0 saturated carbocycles. The van der Waals surface area contributed by atoms with E-state index in [0.717, 1.165) is 11.3 Å². The Kier molecular flexibility index (Phi) is 2.72. The van der Waals surface area contributed by atoms with Crippen LogP contribution in [0.4, 0.5) is 10.5 Å². The van der Waals surface area contributed by atoms with Crippen molar-refractivity contribution in [2.24, 2.45) is 0 Å². The first-order valence-electron chi connectivity index (χ1n) is 6.87. The molecule has 1 aromatic heterocycles. The molecule has 4 rings (SSSR count). The molecule has 5 nitrogen and oxygen atoms in total. The Morgan fingerprint density at radius 1 is 1.10 bits per heavy atom. The molecule has 21 heavy (non-hydrogen) atoms. The molecule has 1 unspecified atom stereocenters. The van der Waals surface area contributed by atoms with E-state index in [0.29, 0.717) is 6.54 Å². The highest BCUT2D eigenvalue weighted by molar-refractivity contribution is 5.95. The van der Waals surface area contributed by atoms with E-state index in [4.69, 9.17) is 0 Å². The molecule has 2 amide bonds. The first-order chi connectivity index (χ1) is 10.4. The minimum atomic E-state index is -0.163. The molecule has 0 bridgehead atoms. The third kappa shape index (κ3) is 1.82. The van der Waals surface area contributed by atoms with Gasteiger partial charge in [-0.2, -0.15) is 5.01 Å². The number of benzene rings is 1. The van der Waals surface area contributed by atoms with Crippen molar-refractivity contribution in [3.05, 3.63) is 72.7 Å². The highest BCUT2D eigenvalue weighted by Crippen LogP contribution is 2.39. The number of rotatable bonds is 2. The smallest absolute Gasteiger partial charge is 0.271 e. The van der Waals surface area contributed by atoms with Crippen LogP contribution in [0.1, 0.15) is 11.7 Å². The average molecular weight is 278 g/mol. The number of urea groups is 1. The lowest BCUT2D eigenvalue weighted by Crippen LogP contribution is -2.32. The number of carbonyl (C=O) groups is 1. The topological polar surface area (TPSA) is 39.7 Å². The van der Waals surface area contributed by atoms with Gasteiger partial charge in [0.05, 0.1) is 0 Å². The van der Waals surface area contributed by atoms with Gasteiger partial charge in [-0.15, -0.1) is 0 Å². The monoisotopic (exact) mass is 278 g/mol. The van der Waals surface area contributed by atoms with E-state index in [1.54, 1.807) is 16.1 Å². The lowest BCUT2D eigenvalue weighted by Gasteiger charge is -2.27. The zero-order valence-corrected chi connectivity index (χ0v) is 11.3. The van der Waals surface area contributed by atoms with E-state index in [-0.39, 0.29) is 12.2 Å². The second-order valence-electron chi connectivity index (χ2n) is 5.00. The van der Waals surface area contributed by atoms with Crippen LogP contribution in [0.25, 0.3) is 0 Å². The number of amides is 2. The minimum Gasteiger partial charge on any atom is -0.271 e. The van der Waals surface area contributed by atoms with E-state index in [9.17, 15) is 4.79 Å². The lowest BCUT2D eigenvalue weighted by molar-refractivity contribution is 0.0912. The number of hydrazine groups is 1. The van der Waals surface area contributed by atoms with Crippen molar-refractivity contribution in [3.8, 4) is 0 Å². The van der Waals surface area contributed by atoms with Crippen LogP contribution in [0, 0.1) is 0 Å². The second kappa shape index (κ2) is 4.71. The van der Waals surface area contributed by atoms with Crippen LogP contribution >= 0.6 is 0 Å². The summed E-state index contributed by atoms with van der Waals surface area (Å²) in [6, 6.07) is 13.6. The fraction of sp³-hybridized carbons (Fsp3) is 0.125. The third-order valence-corrected chi connectivity index (χ3v) is 3.76. The van der Waals surface area contributed by atoms with Crippen molar-refractivity contribution < 1.29 is 4.79 Å². The predicted octanol–water partition coefficient (Wildman–Crippen LogP) is 2.77. The summed E-state index contributed by atoms with van der Waals surface area (Å²) in [6.07, 6.45) is 7.21. The van der Waals surface area contributed by atoms with Crippen molar-refractivity contribution in [2.75, 3.05) is 11.4 Å². The number of hydrogen-bond acceptors (Lipinski definition) is 3. The van der Waals surface area contributed by atoms with E-state index in [2.05, 4.69) is 4.98 Å². The third-order valence-electron chi connectivity index (χ3n) is 3.76. The molecule has 1 atom stereocenters. The summed E-state index contributed by atoms with van der Waals surface area (Å²) in [7, 11) is 0. The molecule has 2 aliphatic heterocycles. The van der Waals surface area contributed by atoms with Crippen molar-refractivity contribution >= 4 is 11.7 Å². The standard InChI is InChI=1S/C16H14N4O/c21-16-19-11-5-10-18(19)15(13-6-4-9-17-12-13)20(16)14-7-2-1-3-8-14/h1-9,11-12,15H,10H2. The Morgan fingerprint density at radius 3 is 2.71 bits per heavy atom. The van der Waals surface area contributed by atoms with Crippen LogP contribution in [0.3, 0.4) is 0 Å². The maximum absolute atomic E-state index is 12.7. The Hall–Kier alpha value is -2.66. The largest absolute Gasteiger partial charge is 0.344 e. The number of anilines is 1. The molecule has 5 heteroatoms. The molecule has 1 aromatic carbocycles. The van der Waals surface area contributed by atoms with Gasteiger partial charge < -0.3 is 0 Å². The molecule has 2 aliphatic rings. The Morgan fingerprint density at radius 2 is 1.95 bits per heavy atom. The SMILES string of the molecule is O=C1N(c2ccccc2)C(c2cccnc2)N2CC=CN12. The van der Waals surface area contributed by atoms with Crippen LogP contribution < -0.4 is 4.90 Å². The van der Waals surface area contributed by atoms with Gasteiger partial charge in [-0.05, 0) is 18.2 Å². The summed E-state index contributed by atoms with van der Waals surface area (Å²) >= 11 is 0. The van der Waals surface area contributed by atoms with Crippen molar-refractivity contribution in [1.82, 2.24) is 15.0 Å². The lowest BCUT2D eigenvalue weighted by atomic mass is 10.2. The van der Waals surface area contributed by atoms with Gasteiger partial charge in [0.2, 0.25) is 0 Å². The van der Waals surface area contributed by atoms with Gasteiger partial charge in [0.1, 0.15) is 6.17 Å². The fourth-order valence-electron chi connectivity index (χ4n) is 2.86. The molecular weight excluding hydrogens is 264 g/mol. The van der Waals surface area contributed by atoms with E-state index in [1.165, 1.54) is 0 Å². The average Bonchev–Trinajstić information content (AvgIpc) is 3.11. The molecule has 0 aliphatic carbocycles. The highest BCUT2D eigenvalue weighted by atomic mass is 16.2. The first-order valence-corrected chi connectivity index (χ1v) is 6.87. The highest BCUT2D eigenvalue weighted by Gasteiger charge is 2.46. The van der Waals surface area contributed by atoms with E-state index in [1.807, 2.05) is 65.9 Å². The maximum Gasteiger partial charge on any atom is 0.344 e. The van der Waals surface area contributed by atoms with Crippen LogP contribution in [0.5, 0.6) is 0 Å². The number of carbonyl (C=O) groups excluding carboxylic acids is 1. The molecule has 0 spiro atoms. The van der Waals surface area contributed by atoms with E-state index >= 15 is 0 Å². The summed E-state index contributed by atoms with van der Waals surface area (Å²) in [5.74, 6) is 0. The van der Waals surface area contributed by atoms with Gasteiger partial charge in [0, 0.05) is 36.4 Å². The Labute approximate surface area is 122 Å². The Balaban J connectivity index is 1.82. The van der Waals surface area contributed by atoms with Gasteiger partial charge in [-0.3, -0.25) is 9.88 Å². The molecular formula is C16H14N4O. The maximum atomic E-state index is 12.7. The van der Waals surface area contributed by atoms with Gasteiger partial charge in [0.25, 0.3) is 0 Å². The summed E-state index contributed by atoms with van der Waals surface area (Å²) in [4.78, 5) is 18.7. The van der Waals surface area contributed by atoms with Gasteiger partial charge >= 0.3 is 6.03 Å². The number of hydrogen-bond donors (Lipinski definition) is 0. The van der Waals surface area contributed by atoms with Crippen molar-refractivity contribution in [3.63, 3.8) is 0 Å². The second-order valence-corrected chi connectivity index (χ2v) is 5.00. The molecule has 104 valence electrons. The predicted molar refractivity (Wildman–Crippen MR) is 79.0 cm³/mol. The van der Waals surface area contributed by atoms with Gasteiger partial charge in [-0.25, -0.2) is 9.80 Å². The molecule has 0 N–H and O–H groups in total. The minimum absolute atomic E-state index is 0.0381. The first kappa shape index (κ1) is 12.1. The van der Waals surface area contributed by atoms with Crippen LogP contribution in [0.15, 0.2) is 67.1 Å². The van der Waals surface area contributed by atoms with Crippen molar-refractivity contribution in [2.45, 2.75) is 6.17 Å². The number of nitrogens with zero attached hydrogens (tertiary/aromatic N) is 4. The van der Waals surface area contributed by atoms with Gasteiger partial charge in [-0.1, -0.05) is 30.3 Å². The molecule has 1 fully saturated rings. The number of fused-ring (bicyclic) bond motifs is 1. The summed E-state index contributed by atoms with van der Waals surface area (Å²) < 4.78 is 0. The zero-order valence-electron chi connectivity index (χ0n) is 11.3. The molecule has 1 saturated heterocycles. The van der Waals surface area contributed by atoms with E-state index < -0.39 is 0 Å². The van der Waals surface area contributed by atoms with Crippen LogP contribution in [-0.2, 0) is 0 Å². The quantitative estimate of drug-likeness (QED) is 0.848.